The second kappa shape index (κ2) is 10.6. The van der Waals surface area contributed by atoms with Gasteiger partial charge in [0.2, 0.25) is 0 Å². The molecule has 5 nitrogen and oxygen atoms in total. The largest absolute Gasteiger partial charge is 0.493 e. The Labute approximate surface area is 143 Å². The number of ether oxygens (including phenoxy) is 3. The molecule has 0 aliphatic heterocycles. The van der Waals surface area contributed by atoms with E-state index in [2.05, 4.69) is 5.32 Å². The third kappa shape index (κ3) is 5.85. The summed E-state index contributed by atoms with van der Waals surface area (Å²) in [4.78, 5) is 0. The zero-order valence-corrected chi connectivity index (χ0v) is 14.0. The second-order valence-electron chi connectivity index (χ2n) is 5.24. The molecule has 0 saturated carbocycles. The Morgan fingerprint density at radius 3 is 2.58 bits per heavy atom. The van der Waals surface area contributed by atoms with Crippen LogP contribution in [0.1, 0.15) is 11.1 Å². The topological polar surface area (TPSA) is 60.0 Å². The lowest BCUT2D eigenvalue weighted by atomic mass is 10.1. The van der Waals surface area contributed by atoms with Crippen LogP contribution in [0, 0.1) is 0 Å². The van der Waals surface area contributed by atoms with Crippen LogP contribution in [0.2, 0.25) is 0 Å². The molecule has 0 aromatic heterocycles. The normalized spacial score (nSPS) is 10.6. The van der Waals surface area contributed by atoms with Crippen molar-refractivity contribution in [3.8, 4) is 11.5 Å². The van der Waals surface area contributed by atoms with Crippen LogP contribution in [0.25, 0.3) is 0 Å². The van der Waals surface area contributed by atoms with Gasteiger partial charge in [-0.3, -0.25) is 0 Å². The van der Waals surface area contributed by atoms with Crippen molar-refractivity contribution in [3.63, 3.8) is 0 Å². The molecule has 2 aromatic carbocycles. The van der Waals surface area contributed by atoms with Crippen molar-refractivity contribution in [1.29, 1.82) is 0 Å². The number of aliphatic hydroxyl groups excluding tert-OH is 1. The number of hydrogen-bond acceptors (Lipinski definition) is 5. The maximum atomic E-state index is 8.67. The third-order valence-electron chi connectivity index (χ3n) is 3.48. The first-order valence-corrected chi connectivity index (χ1v) is 8.07. The minimum Gasteiger partial charge on any atom is -0.493 e. The highest BCUT2D eigenvalue weighted by Crippen LogP contribution is 2.31. The van der Waals surface area contributed by atoms with Gasteiger partial charge >= 0.3 is 0 Å². The SMILES string of the molecule is COc1cccc(CNCCOCCO)c1OCc1ccccc1. The lowest BCUT2D eigenvalue weighted by Gasteiger charge is -2.15. The molecule has 0 aliphatic carbocycles. The summed E-state index contributed by atoms with van der Waals surface area (Å²) in [7, 11) is 1.64. The van der Waals surface area contributed by atoms with E-state index in [9.17, 15) is 0 Å². The molecule has 0 atom stereocenters. The number of para-hydroxylation sites is 1. The van der Waals surface area contributed by atoms with E-state index in [1.54, 1.807) is 7.11 Å². The van der Waals surface area contributed by atoms with Crippen LogP contribution < -0.4 is 14.8 Å². The number of aliphatic hydroxyl groups is 1. The number of rotatable bonds is 11. The Hall–Kier alpha value is -2.08. The van der Waals surface area contributed by atoms with Crippen LogP contribution in [0.5, 0.6) is 11.5 Å². The van der Waals surface area contributed by atoms with E-state index in [1.807, 2.05) is 48.5 Å². The monoisotopic (exact) mass is 331 g/mol. The summed E-state index contributed by atoms with van der Waals surface area (Å²) < 4.78 is 16.7. The van der Waals surface area contributed by atoms with Crippen LogP contribution in [-0.2, 0) is 17.9 Å². The van der Waals surface area contributed by atoms with Gasteiger partial charge < -0.3 is 24.6 Å². The fraction of sp³-hybridized carbons (Fsp3) is 0.368. The summed E-state index contributed by atoms with van der Waals surface area (Å²) in [5.74, 6) is 1.48. The van der Waals surface area contributed by atoms with Crippen molar-refractivity contribution in [1.82, 2.24) is 5.32 Å². The minimum atomic E-state index is 0.0490. The number of hydrogen-bond donors (Lipinski definition) is 2. The molecule has 24 heavy (non-hydrogen) atoms. The van der Waals surface area contributed by atoms with E-state index in [4.69, 9.17) is 19.3 Å². The average molecular weight is 331 g/mol. The summed E-state index contributed by atoms with van der Waals surface area (Å²) in [5, 5.41) is 12.0. The molecule has 0 saturated heterocycles. The highest BCUT2D eigenvalue weighted by molar-refractivity contribution is 5.46. The molecular weight excluding hydrogens is 306 g/mol. The molecule has 5 heteroatoms. The fourth-order valence-corrected chi connectivity index (χ4v) is 2.29. The summed E-state index contributed by atoms with van der Waals surface area (Å²) in [6.45, 7) is 2.83. The molecule has 0 spiro atoms. The molecule has 0 unspecified atom stereocenters. The molecule has 0 amide bonds. The standard InChI is InChI=1S/C19H25NO4/c1-22-18-9-5-8-17(14-20-10-12-23-13-11-21)19(18)24-15-16-6-3-2-4-7-16/h2-9,20-21H,10-15H2,1H3. The lowest BCUT2D eigenvalue weighted by molar-refractivity contribution is 0.0937. The second-order valence-corrected chi connectivity index (χ2v) is 5.24. The van der Waals surface area contributed by atoms with Crippen LogP contribution >= 0.6 is 0 Å². The Morgan fingerprint density at radius 1 is 1.00 bits per heavy atom. The van der Waals surface area contributed by atoms with Gasteiger partial charge in [0.25, 0.3) is 0 Å². The fourth-order valence-electron chi connectivity index (χ4n) is 2.29. The quantitative estimate of drug-likeness (QED) is 0.619. The zero-order valence-electron chi connectivity index (χ0n) is 14.0. The first-order chi connectivity index (χ1) is 11.8. The highest BCUT2D eigenvalue weighted by atomic mass is 16.5. The minimum absolute atomic E-state index is 0.0490. The first-order valence-electron chi connectivity index (χ1n) is 8.07. The van der Waals surface area contributed by atoms with E-state index in [-0.39, 0.29) is 6.61 Å². The van der Waals surface area contributed by atoms with Gasteiger partial charge in [-0.2, -0.15) is 0 Å². The molecule has 0 aliphatic rings. The van der Waals surface area contributed by atoms with E-state index >= 15 is 0 Å². The van der Waals surface area contributed by atoms with Crippen LogP contribution in [0.4, 0.5) is 0 Å². The molecule has 0 heterocycles. The lowest BCUT2D eigenvalue weighted by Crippen LogP contribution is -2.20. The molecule has 0 fully saturated rings. The van der Waals surface area contributed by atoms with Crippen molar-refractivity contribution in [2.45, 2.75) is 13.2 Å². The van der Waals surface area contributed by atoms with E-state index in [0.29, 0.717) is 32.9 Å². The van der Waals surface area contributed by atoms with Crippen molar-refractivity contribution < 1.29 is 19.3 Å². The Balaban J connectivity index is 1.94. The molecular formula is C19H25NO4. The van der Waals surface area contributed by atoms with Gasteiger partial charge in [-0.15, -0.1) is 0 Å². The predicted molar refractivity (Wildman–Crippen MR) is 93.4 cm³/mol. The van der Waals surface area contributed by atoms with Crippen LogP contribution in [0.15, 0.2) is 48.5 Å². The number of methoxy groups -OCH3 is 1. The summed E-state index contributed by atoms with van der Waals surface area (Å²) in [5.41, 5.74) is 2.15. The van der Waals surface area contributed by atoms with Crippen molar-refractivity contribution >= 4 is 0 Å². The van der Waals surface area contributed by atoms with Gasteiger partial charge in [-0.25, -0.2) is 0 Å². The average Bonchev–Trinajstić information content (AvgIpc) is 2.64. The number of nitrogens with one attached hydrogen (secondary N) is 1. The van der Waals surface area contributed by atoms with Gasteiger partial charge in [-0.1, -0.05) is 42.5 Å². The van der Waals surface area contributed by atoms with Crippen LogP contribution in [-0.4, -0.2) is 38.6 Å². The first kappa shape index (κ1) is 18.3. The Bertz CT molecular complexity index is 589. The van der Waals surface area contributed by atoms with Crippen molar-refractivity contribution in [2.24, 2.45) is 0 Å². The van der Waals surface area contributed by atoms with Gasteiger partial charge in [0, 0.05) is 18.7 Å². The van der Waals surface area contributed by atoms with Crippen molar-refractivity contribution in [2.75, 3.05) is 33.5 Å². The highest BCUT2D eigenvalue weighted by Gasteiger charge is 2.10. The molecule has 0 bridgehead atoms. The molecule has 0 radical (unpaired) electrons. The van der Waals surface area contributed by atoms with Gasteiger partial charge in [0.15, 0.2) is 11.5 Å². The predicted octanol–water partition coefficient (Wildman–Crippen LogP) is 2.37. The Kier molecular flexibility index (Phi) is 8.10. The summed E-state index contributed by atoms with van der Waals surface area (Å²) in [6.07, 6.45) is 0. The van der Waals surface area contributed by atoms with Crippen molar-refractivity contribution in [3.05, 3.63) is 59.7 Å². The molecule has 2 rings (SSSR count). The number of benzene rings is 2. The maximum absolute atomic E-state index is 8.67. The van der Waals surface area contributed by atoms with E-state index in [0.717, 1.165) is 22.6 Å². The molecule has 130 valence electrons. The van der Waals surface area contributed by atoms with E-state index < -0.39 is 0 Å². The summed E-state index contributed by atoms with van der Waals surface area (Å²) in [6, 6.07) is 15.9. The van der Waals surface area contributed by atoms with Gasteiger partial charge in [0.1, 0.15) is 6.61 Å². The summed E-state index contributed by atoms with van der Waals surface area (Å²) >= 11 is 0. The Morgan fingerprint density at radius 2 is 1.83 bits per heavy atom. The van der Waals surface area contributed by atoms with Gasteiger partial charge in [-0.05, 0) is 11.6 Å². The zero-order chi connectivity index (χ0) is 17.0. The van der Waals surface area contributed by atoms with Gasteiger partial charge in [0.05, 0.1) is 26.9 Å². The molecule has 2 N–H and O–H groups in total. The third-order valence-corrected chi connectivity index (χ3v) is 3.48. The maximum Gasteiger partial charge on any atom is 0.166 e. The van der Waals surface area contributed by atoms with Crippen LogP contribution in [0.3, 0.4) is 0 Å². The molecule has 2 aromatic rings. The smallest absolute Gasteiger partial charge is 0.166 e. The van der Waals surface area contributed by atoms with E-state index in [1.165, 1.54) is 0 Å².